The lowest BCUT2D eigenvalue weighted by Crippen LogP contribution is -2.45. The van der Waals surface area contributed by atoms with Crippen molar-refractivity contribution in [3.63, 3.8) is 0 Å². The molecule has 0 aliphatic carbocycles. The molecule has 1 aromatic carbocycles. The Kier molecular flexibility index (Phi) is 5.20. The van der Waals surface area contributed by atoms with E-state index in [2.05, 4.69) is 32.1 Å². The van der Waals surface area contributed by atoms with Crippen LogP contribution in [0.15, 0.2) is 51.8 Å². The number of aromatic nitrogens is 3. The average Bonchev–Trinajstić information content (AvgIpc) is 3.37. The van der Waals surface area contributed by atoms with Gasteiger partial charge in [0.1, 0.15) is 16.4 Å². The summed E-state index contributed by atoms with van der Waals surface area (Å²) in [6.07, 6.45) is 0. The minimum absolute atomic E-state index is 0.0616. The number of rotatable bonds is 5. The first-order chi connectivity index (χ1) is 14.6. The molecule has 4 aromatic rings. The largest absolute Gasteiger partial charge is 0.361 e. The number of fused-ring (bicyclic) bond motifs is 1. The second-order valence-electron chi connectivity index (χ2n) is 7.69. The van der Waals surface area contributed by atoms with E-state index in [1.165, 1.54) is 0 Å². The van der Waals surface area contributed by atoms with Crippen LogP contribution in [0, 0.1) is 6.92 Å². The normalized spacial score (nSPS) is 15.8. The maximum Gasteiger partial charge on any atom is 0.259 e. The third-order valence-corrected chi connectivity index (χ3v) is 6.49. The number of nitrogens with one attached hydrogen (secondary N) is 1. The molecule has 0 unspecified atom stereocenters. The Hall–Kier alpha value is -2.81. The van der Waals surface area contributed by atoms with E-state index in [0.29, 0.717) is 11.9 Å². The number of nitrogens with zero attached hydrogens (tertiary/aromatic N) is 4. The summed E-state index contributed by atoms with van der Waals surface area (Å²) in [5.41, 5.74) is 2.03. The van der Waals surface area contributed by atoms with Crippen LogP contribution in [0.25, 0.3) is 20.7 Å². The van der Waals surface area contributed by atoms with Gasteiger partial charge < -0.3 is 9.51 Å². The van der Waals surface area contributed by atoms with Crippen molar-refractivity contribution in [2.45, 2.75) is 20.0 Å². The molecule has 1 saturated heterocycles. The molecular weight excluding hydrogens is 398 g/mol. The van der Waals surface area contributed by atoms with Crippen molar-refractivity contribution in [3.8, 4) is 10.4 Å². The van der Waals surface area contributed by atoms with Crippen LogP contribution >= 0.6 is 11.3 Å². The van der Waals surface area contributed by atoms with Crippen LogP contribution in [0.1, 0.15) is 17.3 Å². The number of aromatic amines is 1. The lowest BCUT2D eigenvalue weighted by Gasteiger charge is -2.33. The highest BCUT2D eigenvalue weighted by molar-refractivity contribution is 7.21. The molecule has 3 aromatic heterocycles. The van der Waals surface area contributed by atoms with Crippen molar-refractivity contribution in [1.29, 1.82) is 0 Å². The smallest absolute Gasteiger partial charge is 0.259 e. The molecule has 1 N–H and O–H groups in total. The highest BCUT2D eigenvalue weighted by atomic mass is 32.1. The molecule has 154 valence electrons. The van der Waals surface area contributed by atoms with Gasteiger partial charge in [-0.25, -0.2) is 4.98 Å². The van der Waals surface area contributed by atoms with Crippen LogP contribution < -0.4 is 5.56 Å². The van der Waals surface area contributed by atoms with Crippen LogP contribution in [0.4, 0.5) is 0 Å². The summed E-state index contributed by atoms with van der Waals surface area (Å²) in [4.78, 5) is 26.9. The Morgan fingerprint density at radius 1 is 1.07 bits per heavy atom. The standard InChI is InChI=1S/C22H23N5O2S/c1-15-11-17(25-29-15)13-26-7-9-27(10-8-26)14-20-23-21(28)18-12-19(30-22(18)24-20)16-5-3-2-4-6-16/h2-6,11-12H,7-10,13-14H2,1H3,(H,23,24,28). The summed E-state index contributed by atoms with van der Waals surface area (Å²) in [5.74, 6) is 1.58. The molecule has 5 rings (SSSR count). The molecule has 0 bridgehead atoms. The van der Waals surface area contributed by atoms with E-state index < -0.39 is 0 Å². The fourth-order valence-corrected chi connectivity index (χ4v) is 4.89. The van der Waals surface area contributed by atoms with Crippen molar-refractivity contribution in [1.82, 2.24) is 24.9 Å². The first-order valence-electron chi connectivity index (χ1n) is 10.1. The van der Waals surface area contributed by atoms with Crippen molar-refractivity contribution < 1.29 is 4.52 Å². The lowest BCUT2D eigenvalue weighted by molar-refractivity contribution is 0.118. The minimum Gasteiger partial charge on any atom is -0.361 e. The van der Waals surface area contributed by atoms with Gasteiger partial charge in [-0.3, -0.25) is 14.6 Å². The molecule has 1 aliphatic rings. The van der Waals surface area contributed by atoms with E-state index in [-0.39, 0.29) is 5.56 Å². The first kappa shape index (κ1) is 19.2. The second kappa shape index (κ2) is 8.14. The maximum absolute atomic E-state index is 12.6. The number of aryl methyl sites for hydroxylation is 1. The summed E-state index contributed by atoms with van der Waals surface area (Å²) in [5, 5.41) is 4.74. The molecule has 30 heavy (non-hydrogen) atoms. The number of benzene rings is 1. The van der Waals surface area contributed by atoms with Crippen molar-refractivity contribution in [3.05, 3.63) is 70.1 Å². The molecule has 1 fully saturated rings. The predicted molar refractivity (Wildman–Crippen MR) is 117 cm³/mol. The second-order valence-corrected chi connectivity index (χ2v) is 8.72. The topological polar surface area (TPSA) is 78.3 Å². The number of thiophene rings is 1. The van der Waals surface area contributed by atoms with E-state index in [4.69, 9.17) is 9.51 Å². The van der Waals surface area contributed by atoms with Crippen molar-refractivity contribution in [2.75, 3.05) is 26.2 Å². The summed E-state index contributed by atoms with van der Waals surface area (Å²) in [6, 6.07) is 14.0. The highest BCUT2D eigenvalue weighted by Gasteiger charge is 2.19. The maximum atomic E-state index is 12.6. The molecular formula is C22H23N5O2S. The Morgan fingerprint density at radius 3 is 2.50 bits per heavy atom. The lowest BCUT2D eigenvalue weighted by atomic mass is 10.2. The van der Waals surface area contributed by atoms with E-state index in [0.717, 1.165) is 65.3 Å². The van der Waals surface area contributed by atoms with E-state index in [1.807, 2.05) is 37.3 Å². The van der Waals surface area contributed by atoms with E-state index in [9.17, 15) is 4.79 Å². The molecule has 4 heterocycles. The van der Waals surface area contributed by atoms with Gasteiger partial charge in [-0.15, -0.1) is 11.3 Å². The molecule has 7 nitrogen and oxygen atoms in total. The average molecular weight is 422 g/mol. The van der Waals surface area contributed by atoms with Crippen molar-refractivity contribution >= 4 is 21.6 Å². The summed E-state index contributed by atoms with van der Waals surface area (Å²) >= 11 is 1.57. The van der Waals surface area contributed by atoms with Crippen LogP contribution in [0.3, 0.4) is 0 Å². The van der Waals surface area contributed by atoms with Gasteiger partial charge in [0.15, 0.2) is 0 Å². The molecule has 0 saturated carbocycles. The SMILES string of the molecule is Cc1cc(CN2CCN(Cc3nc4sc(-c5ccccc5)cc4c(=O)[nH]3)CC2)no1. The summed E-state index contributed by atoms with van der Waals surface area (Å²) in [6.45, 7) is 7.14. The fraction of sp³-hybridized carbons (Fsp3) is 0.318. The van der Waals surface area contributed by atoms with E-state index >= 15 is 0 Å². The van der Waals surface area contributed by atoms with Gasteiger partial charge in [0.25, 0.3) is 5.56 Å². The van der Waals surface area contributed by atoms with Gasteiger partial charge in [0.2, 0.25) is 0 Å². The predicted octanol–water partition coefficient (Wildman–Crippen LogP) is 3.27. The Morgan fingerprint density at radius 2 is 1.80 bits per heavy atom. The summed E-state index contributed by atoms with van der Waals surface area (Å²) in [7, 11) is 0. The summed E-state index contributed by atoms with van der Waals surface area (Å²) < 4.78 is 5.15. The zero-order chi connectivity index (χ0) is 20.5. The van der Waals surface area contributed by atoms with Gasteiger partial charge in [-0.1, -0.05) is 35.5 Å². The third kappa shape index (κ3) is 4.07. The molecule has 0 atom stereocenters. The van der Waals surface area contributed by atoms with Gasteiger partial charge in [-0.05, 0) is 18.6 Å². The molecule has 0 radical (unpaired) electrons. The van der Waals surface area contributed by atoms with Crippen LogP contribution in [-0.2, 0) is 13.1 Å². The van der Waals surface area contributed by atoms with E-state index in [1.54, 1.807) is 11.3 Å². The van der Waals surface area contributed by atoms with Gasteiger partial charge >= 0.3 is 0 Å². The molecule has 0 amide bonds. The quantitative estimate of drug-likeness (QED) is 0.533. The van der Waals surface area contributed by atoms with Gasteiger partial charge in [-0.2, -0.15) is 0 Å². The van der Waals surface area contributed by atoms with Crippen molar-refractivity contribution in [2.24, 2.45) is 0 Å². The highest BCUT2D eigenvalue weighted by Crippen LogP contribution is 2.30. The monoisotopic (exact) mass is 421 g/mol. The Labute approximate surface area is 178 Å². The number of H-pyrrole nitrogens is 1. The third-order valence-electron chi connectivity index (χ3n) is 5.41. The van der Waals surface area contributed by atoms with Crippen LogP contribution in [0.2, 0.25) is 0 Å². The number of hydrogen-bond acceptors (Lipinski definition) is 7. The molecule has 0 spiro atoms. The Bertz CT molecular complexity index is 1210. The first-order valence-corrected chi connectivity index (χ1v) is 10.9. The van der Waals surface area contributed by atoms with Crippen LogP contribution in [0.5, 0.6) is 0 Å². The molecule has 1 aliphatic heterocycles. The minimum atomic E-state index is -0.0616. The van der Waals surface area contributed by atoms with Gasteiger partial charge in [0, 0.05) is 43.7 Å². The molecule has 8 heteroatoms. The number of piperazine rings is 1. The Balaban J connectivity index is 1.26. The zero-order valence-electron chi connectivity index (χ0n) is 16.8. The number of hydrogen-bond donors (Lipinski definition) is 1. The van der Waals surface area contributed by atoms with Crippen LogP contribution in [-0.4, -0.2) is 51.1 Å². The van der Waals surface area contributed by atoms with Gasteiger partial charge in [0.05, 0.1) is 17.6 Å². The zero-order valence-corrected chi connectivity index (χ0v) is 17.6. The fourth-order valence-electron chi connectivity index (χ4n) is 3.83.